The van der Waals surface area contributed by atoms with Gasteiger partial charge in [-0.25, -0.2) is 0 Å². The van der Waals surface area contributed by atoms with Crippen molar-refractivity contribution in [3.05, 3.63) is 29.3 Å². The Balaban J connectivity index is 2.54. The van der Waals surface area contributed by atoms with Gasteiger partial charge in [0.25, 0.3) is 0 Å². The van der Waals surface area contributed by atoms with Crippen molar-refractivity contribution in [2.45, 2.75) is 0 Å². The molecule has 3 nitrogen and oxygen atoms in total. The van der Waals surface area contributed by atoms with Gasteiger partial charge in [-0.15, -0.1) is 0 Å². The van der Waals surface area contributed by atoms with E-state index in [-0.39, 0.29) is 12.5 Å². The summed E-state index contributed by atoms with van der Waals surface area (Å²) in [4.78, 5) is 10.9. The van der Waals surface area contributed by atoms with Crippen molar-refractivity contribution < 1.29 is 4.79 Å². The van der Waals surface area contributed by atoms with Gasteiger partial charge in [-0.05, 0) is 12.1 Å². The van der Waals surface area contributed by atoms with E-state index in [1.165, 1.54) is 0 Å². The summed E-state index contributed by atoms with van der Waals surface area (Å²) in [7, 11) is 1.59. The largest absolute Gasteiger partial charge is 0.375 e. The Morgan fingerprint density at radius 1 is 1.46 bits per heavy atom. The summed E-state index contributed by atoms with van der Waals surface area (Å²) < 4.78 is 0. The highest BCUT2D eigenvalue weighted by Crippen LogP contribution is 2.19. The molecule has 1 amide bonds. The smallest absolute Gasteiger partial charge is 0.239 e. The van der Waals surface area contributed by atoms with Crippen LogP contribution in [0, 0.1) is 0 Å². The number of nitrogens with one attached hydrogen (secondary N) is 2. The topological polar surface area (TPSA) is 41.1 Å². The van der Waals surface area contributed by atoms with Crippen molar-refractivity contribution in [2.24, 2.45) is 0 Å². The Labute approximate surface area is 82.1 Å². The zero-order valence-corrected chi connectivity index (χ0v) is 8.06. The Bertz CT molecular complexity index is 301. The molecule has 0 aliphatic carbocycles. The van der Waals surface area contributed by atoms with Crippen LogP contribution in [0.1, 0.15) is 0 Å². The number of rotatable bonds is 3. The first-order chi connectivity index (χ1) is 6.24. The third kappa shape index (κ3) is 2.95. The molecule has 0 aliphatic rings. The third-order valence-electron chi connectivity index (χ3n) is 1.59. The average Bonchev–Trinajstić information content (AvgIpc) is 2.16. The number of hydrogen-bond donors (Lipinski definition) is 2. The maximum absolute atomic E-state index is 10.9. The standard InChI is InChI=1S/C9H11ClN2O/c1-11-9(13)6-12-8-5-3-2-4-7(8)10/h2-5,12H,6H2,1H3,(H,11,13). The molecule has 1 aromatic carbocycles. The Hall–Kier alpha value is -1.22. The van der Waals surface area contributed by atoms with Gasteiger partial charge in [0, 0.05) is 7.05 Å². The molecule has 0 aromatic heterocycles. The van der Waals surface area contributed by atoms with Crippen molar-refractivity contribution in [3.63, 3.8) is 0 Å². The summed E-state index contributed by atoms with van der Waals surface area (Å²) in [6.45, 7) is 0.236. The molecule has 0 bridgehead atoms. The van der Waals surface area contributed by atoms with E-state index in [0.717, 1.165) is 5.69 Å². The molecule has 0 aliphatic heterocycles. The van der Waals surface area contributed by atoms with Gasteiger partial charge < -0.3 is 10.6 Å². The van der Waals surface area contributed by atoms with E-state index in [9.17, 15) is 4.79 Å². The highest BCUT2D eigenvalue weighted by Gasteiger charge is 2.00. The van der Waals surface area contributed by atoms with Gasteiger partial charge in [0.05, 0.1) is 17.3 Å². The first-order valence-electron chi connectivity index (χ1n) is 3.93. The SMILES string of the molecule is CNC(=O)CNc1ccccc1Cl. The molecule has 0 radical (unpaired) electrons. The summed E-state index contributed by atoms with van der Waals surface area (Å²) in [6, 6.07) is 7.30. The maximum atomic E-state index is 10.9. The lowest BCUT2D eigenvalue weighted by Crippen LogP contribution is -2.26. The Morgan fingerprint density at radius 2 is 2.15 bits per heavy atom. The predicted octanol–water partition coefficient (Wildman–Crippen LogP) is 1.50. The van der Waals surface area contributed by atoms with E-state index in [1.807, 2.05) is 18.2 Å². The number of benzene rings is 1. The first kappa shape index (κ1) is 9.86. The fraction of sp³-hybridized carbons (Fsp3) is 0.222. The van der Waals surface area contributed by atoms with Crippen LogP contribution in [0.25, 0.3) is 0 Å². The molecule has 0 saturated heterocycles. The molecule has 2 N–H and O–H groups in total. The summed E-state index contributed by atoms with van der Waals surface area (Å²) in [5.74, 6) is -0.0695. The van der Waals surface area contributed by atoms with Crippen LogP contribution in [0.2, 0.25) is 5.02 Å². The van der Waals surface area contributed by atoms with E-state index in [1.54, 1.807) is 13.1 Å². The van der Waals surface area contributed by atoms with Crippen LogP contribution < -0.4 is 10.6 Å². The van der Waals surface area contributed by atoms with Crippen molar-refractivity contribution in [1.29, 1.82) is 0 Å². The van der Waals surface area contributed by atoms with E-state index < -0.39 is 0 Å². The highest BCUT2D eigenvalue weighted by molar-refractivity contribution is 6.33. The van der Waals surface area contributed by atoms with Crippen molar-refractivity contribution in [1.82, 2.24) is 5.32 Å². The van der Waals surface area contributed by atoms with Crippen molar-refractivity contribution in [3.8, 4) is 0 Å². The average molecular weight is 199 g/mol. The first-order valence-corrected chi connectivity index (χ1v) is 4.31. The maximum Gasteiger partial charge on any atom is 0.239 e. The van der Waals surface area contributed by atoms with E-state index >= 15 is 0 Å². The number of halogens is 1. The van der Waals surface area contributed by atoms with Crippen LogP contribution in [0.15, 0.2) is 24.3 Å². The zero-order valence-electron chi connectivity index (χ0n) is 7.30. The molecule has 70 valence electrons. The number of carbonyl (C=O) groups excluding carboxylic acids is 1. The normalized spacial score (nSPS) is 9.38. The second-order valence-electron chi connectivity index (χ2n) is 2.51. The minimum Gasteiger partial charge on any atom is -0.375 e. The lowest BCUT2D eigenvalue weighted by molar-refractivity contribution is -0.118. The summed E-state index contributed by atoms with van der Waals surface area (Å²) in [5, 5.41) is 6.05. The third-order valence-corrected chi connectivity index (χ3v) is 1.92. The second-order valence-corrected chi connectivity index (χ2v) is 2.91. The van der Waals surface area contributed by atoms with Gasteiger partial charge in [-0.1, -0.05) is 23.7 Å². The van der Waals surface area contributed by atoms with Crippen molar-refractivity contribution in [2.75, 3.05) is 18.9 Å². The van der Waals surface area contributed by atoms with E-state index in [2.05, 4.69) is 10.6 Å². The van der Waals surface area contributed by atoms with Crippen LogP contribution in [-0.2, 0) is 4.79 Å². The van der Waals surface area contributed by atoms with Crippen LogP contribution in [0.3, 0.4) is 0 Å². The zero-order chi connectivity index (χ0) is 9.68. The number of amides is 1. The van der Waals surface area contributed by atoms with E-state index in [0.29, 0.717) is 5.02 Å². The second kappa shape index (κ2) is 4.72. The quantitative estimate of drug-likeness (QED) is 0.773. The minimum atomic E-state index is -0.0695. The number of para-hydroxylation sites is 1. The molecular weight excluding hydrogens is 188 g/mol. The van der Waals surface area contributed by atoms with Gasteiger partial charge >= 0.3 is 0 Å². The molecule has 4 heteroatoms. The number of hydrogen-bond acceptors (Lipinski definition) is 2. The lowest BCUT2D eigenvalue weighted by atomic mass is 10.3. The molecule has 0 saturated carbocycles. The highest BCUT2D eigenvalue weighted by atomic mass is 35.5. The van der Waals surface area contributed by atoms with Crippen molar-refractivity contribution >= 4 is 23.2 Å². The molecule has 0 heterocycles. The lowest BCUT2D eigenvalue weighted by Gasteiger charge is -2.06. The van der Waals surface area contributed by atoms with Gasteiger partial charge in [0.15, 0.2) is 0 Å². The minimum absolute atomic E-state index is 0.0695. The van der Waals surface area contributed by atoms with Gasteiger partial charge in [0.1, 0.15) is 0 Å². The van der Waals surface area contributed by atoms with Crippen LogP contribution in [0.4, 0.5) is 5.69 Å². The molecule has 1 aromatic rings. The molecule has 13 heavy (non-hydrogen) atoms. The molecule has 0 spiro atoms. The van der Waals surface area contributed by atoms with Crippen LogP contribution in [-0.4, -0.2) is 19.5 Å². The van der Waals surface area contributed by atoms with Gasteiger partial charge in [0.2, 0.25) is 5.91 Å². The molecule has 0 unspecified atom stereocenters. The Kier molecular flexibility index (Phi) is 3.58. The molecule has 0 atom stereocenters. The Morgan fingerprint density at radius 3 is 2.77 bits per heavy atom. The van der Waals surface area contributed by atoms with Gasteiger partial charge in [-0.3, -0.25) is 4.79 Å². The monoisotopic (exact) mass is 198 g/mol. The summed E-state index contributed by atoms with van der Waals surface area (Å²) >= 11 is 5.86. The number of likely N-dealkylation sites (N-methyl/N-ethyl adjacent to an activating group) is 1. The van der Waals surface area contributed by atoms with Gasteiger partial charge in [-0.2, -0.15) is 0 Å². The predicted molar refractivity (Wildman–Crippen MR) is 54.0 cm³/mol. The van der Waals surface area contributed by atoms with Crippen LogP contribution in [0.5, 0.6) is 0 Å². The number of anilines is 1. The summed E-state index contributed by atoms with van der Waals surface area (Å²) in [5.41, 5.74) is 0.771. The summed E-state index contributed by atoms with van der Waals surface area (Å²) in [6.07, 6.45) is 0. The number of carbonyl (C=O) groups is 1. The van der Waals surface area contributed by atoms with E-state index in [4.69, 9.17) is 11.6 Å². The molecule has 0 fully saturated rings. The molecule has 1 rings (SSSR count). The van der Waals surface area contributed by atoms with Crippen LogP contribution >= 0.6 is 11.6 Å². The fourth-order valence-electron chi connectivity index (χ4n) is 0.868. The fourth-order valence-corrected chi connectivity index (χ4v) is 1.07. The molecular formula is C9H11ClN2O.